The molecule has 3 rings (SSSR count). The van der Waals surface area contributed by atoms with Gasteiger partial charge in [0.25, 0.3) is 0 Å². The highest BCUT2D eigenvalue weighted by Crippen LogP contribution is 2.63. The van der Waals surface area contributed by atoms with Gasteiger partial charge in [-0.1, -0.05) is 0 Å². The minimum absolute atomic E-state index is 0.0606. The highest BCUT2D eigenvalue weighted by atomic mass is 32.2. The molecule has 0 bridgehead atoms. The lowest BCUT2D eigenvalue weighted by Crippen LogP contribution is -2.34. The maximum Gasteiger partial charge on any atom is 0.239 e. The fourth-order valence-corrected chi connectivity index (χ4v) is 4.09. The van der Waals surface area contributed by atoms with Crippen molar-refractivity contribution in [2.75, 3.05) is 12.8 Å². The van der Waals surface area contributed by atoms with Crippen molar-refractivity contribution in [2.45, 2.75) is 30.1 Å². The number of thioether (sulfide) groups is 1. The summed E-state index contributed by atoms with van der Waals surface area (Å²) in [6.45, 7) is 1.03. The van der Waals surface area contributed by atoms with Gasteiger partial charge in [-0.25, -0.2) is 0 Å². The van der Waals surface area contributed by atoms with Gasteiger partial charge in [0.2, 0.25) is 5.91 Å². The van der Waals surface area contributed by atoms with Crippen LogP contribution in [0.1, 0.15) is 19.3 Å². The highest BCUT2D eigenvalue weighted by molar-refractivity contribution is 8.01. The Kier molecular flexibility index (Phi) is 1.21. The molecule has 0 aromatic rings. The van der Waals surface area contributed by atoms with Crippen LogP contribution in [0.25, 0.3) is 0 Å². The van der Waals surface area contributed by atoms with E-state index in [1.807, 2.05) is 0 Å². The summed E-state index contributed by atoms with van der Waals surface area (Å²) in [6, 6.07) is 0.630. The molecular weight excluding hydrogens is 170 g/mol. The normalized spacial score (nSPS) is 49.4. The molecule has 2 heterocycles. The van der Waals surface area contributed by atoms with Gasteiger partial charge in [0.15, 0.2) is 0 Å². The molecule has 12 heavy (non-hydrogen) atoms. The van der Waals surface area contributed by atoms with Crippen LogP contribution in [0.5, 0.6) is 0 Å². The lowest BCUT2D eigenvalue weighted by molar-refractivity contribution is -0.129. The zero-order valence-corrected chi connectivity index (χ0v) is 8.06. The number of piperidine rings is 1. The molecule has 2 saturated heterocycles. The van der Waals surface area contributed by atoms with Crippen LogP contribution in [0.3, 0.4) is 0 Å². The Morgan fingerprint density at radius 3 is 3.17 bits per heavy atom. The first kappa shape index (κ1) is 7.25. The van der Waals surface area contributed by atoms with E-state index in [2.05, 4.69) is 11.2 Å². The Bertz CT molecular complexity index is 255. The van der Waals surface area contributed by atoms with Crippen LogP contribution in [0.4, 0.5) is 0 Å². The van der Waals surface area contributed by atoms with Crippen molar-refractivity contribution in [2.24, 2.45) is 5.92 Å². The SMILES string of the molecule is CS[C@]12C[C@H]1[C@@H]1CCCN1C2=O. The monoisotopic (exact) mass is 183 g/mol. The number of carbonyl (C=O) groups excluding carboxylic acids is 1. The van der Waals surface area contributed by atoms with Crippen LogP contribution in [-0.2, 0) is 4.79 Å². The standard InChI is InChI=1S/C9H13NOS/c1-12-9-5-6(9)7-3-2-4-10(7)8(9)11/h6-7H,2-5H2,1H3/t6-,7-,9+/m0/s1. The third kappa shape index (κ3) is 0.595. The van der Waals surface area contributed by atoms with Crippen molar-refractivity contribution in [3.8, 4) is 0 Å². The van der Waals surface area contributed by atoms with Crippen LogP contribution in [0.15, 0.2) is 0 Å². The quantitative estimate of drug-likeness (QED) is 0.607. The molecule has 1 saturated carbocycles. The molecule has 3 atom stereocenters. The summed E-state index contributed by atoms with van der Waals surface area (Å²) in [5.41, 5.74) is 0. The van der Waals surface area contributed by atoms with E-state index in [1.165, 1.54) is 12.8 Å². The molecule has 0 aromatic carbocycles. The van der Waals surface area contributed by atoms with Crippen molar-refractivity contribution in [3.63, 3.8) is 0 Å². The number of carbonyl (C=O) groups is 1. The van der Waals surface area contributed by atoms with Crippen molar-refractivity contribution in [1.82, 2.24) is 4.90 Å². The smallest absolute Gasteiger partial charge is 0.239 e. The van der Waals surface area contributed by atoms with Gasteiger partial charge in [0.05, 0.1) is 4.75 Å². The van der Waals surface area contributed by atoms with Gasteiger partial charge >= 0.3 is 0 Å². The van der Waals surface area contributed by atoms with Crippen LogP contribution in [-0.4, -0.2) is 34.4 Å². The summed E-state index contributed by atoms with van der Waals surface area (Å²) in [5, 5.41) is 0. The van der Waals surface area contributed by atoms with Crippen LogP contribution in [0.2, 0.25) is 0 Å². The minimum atomic E-state index is 0.0606. The molecule has 0 unspecified atom stereocenters. The summed E-state index contributed by atoms with van der Waals surface area (Å²) in [5.74, 6) is 1.16. The predicted octanol–water partition coefficient (Wildman–Crippen LogP) is 1.11. The van der Waals surface area contributed by atoms with E-state index in [9.17, 15) is 4.79 Å². The molecule has 2 aliphatic heterocycles. The maximum atomic E-state index is 11.9. The third-order valence-corrected chi connectivity index (χ3v) is 5.09. The van der Waals surface area contributed by atoms with Crippen molar-refractivity contribution in [3.05, 3.63) is 0 Å². The molecule has 3 heteroatoms. The number of rotatable bonds is 1. The number of nitrogens with zero attached hydrogens (tertiary/aromatic N) is 1. The molecule has 3 fully saturated rings. The average Bonchev–Trinajstić information content (AvgIpc) is 2.53. The molecule has 0 aromatic heterocycles. The molecule has 1 amide bonds. The van der Waals surface area contributed by atoms with Crippen molar-refractivity contribution in [1.29, 1.82) is 0 Å². The fourth-order valence-electron chi connectivity index (χ4n) is 2.99. The van der Waals surface area contributed by atoms with Crippen LogP contribution in [0, 0.1) is 5.92 Å². The lowest BCUT2D eigenvalue weighted by atomic mass is 10.1. The van der Waals surface area contributed by atoms with E-state index in [0.29, 0.717) is 17.9 Å². The fraction of sp³-hybridized carbons (Fsp3) is 0.889. The Morgan fingerprint density at radius 1 is 1.67 bits per heavy atom. The number of hydrogen-bond donors (Lipinski definition) is 0. The largest absolute Gasteiger partial charge is 0.338 e. The van der Waals surface area contributed by atoms with Crippen LogP contribution >= 0.6 is 11.8 Å². The van der Waals surface area contributed by atoms with Gasteiger partial charge in [0.1, 0.15) is 0 Å². The molecular formula is C9H13NOS. The highest BCUT2D eigenvalue weighted by Gasteiger charge is 2.71. The molecule has 0 N–H and O–H groups in total. The second kappa shape index (κ2) is 2.00. The molecule has 1 aliphatic carbocycles. The number of hydrogen-bond acceptors (Lipinski definition) is 2. The van der Waals surface area contributed by atoms with Gasteiger partial charge in [-0.2, -0.15) is 0 Å². The second-order valence-electron chi connectivity index (χ2n) is 4.11. The molecule has 0 spiro atoms. The van der Waals surface area contributed by atoms with E-state index >= 15 is 0 Å². The van der Waals surface area contributed by atoms with E-state index < -0.39 is 0 Å². The van der Waals surface area contributed by atoms with E-state index in [1.54, 1.807) is 11.8 Å². The first-order valence-electron chi connectivity index (χ1n) is 4.66. The molecule has 0 radical (unpaired) electrons. The Morgan fingerprint density at radius 2 is 2.50 bits per heavy atom. The Labute approximate surface area is 76.7 Å². The van der Waals surface area contributed by atoms with E-state index in [0.717, 1.165) is 13.0 Å². The molecule has 2 nitrogen and oxygen atoms in total. The predicted molar refractivity (Wildman–Crippen MR) is 49.1 cm³/mol. The second-order valence-corrected chi connectivity index (χ2v) is 5.25. The van der Waals surface area contributed by atoms with Gasteiger partial charge in [0, 0.05) is 18.5 Å². The van der Waals surface area contributed by atoms with Crippen molar-refractivity contribution >= 4 is 17.7 Å². The number of fused-ring (bicyclic) bond motifs is 3. The van der Waals surface area contributed by atoms with Crippen molar-refractivity contribution < 1.29 is 4.79 Å². The summed E-state index contributed by atoms with van der Waals surface area (Å²) >= 11 is 1.78. The molecule has 3 aliphatic rings. The third-order valence-electron chi connectivity index (χ3n) is 3.71. The van der Waals surface area contributed by atoms with E-state index in [4.69, 9.17) is 0 Å². The van der Waals surface area contributed by atoms with Gasteiger partial charge < -0.3 is 4.90 Å². The Balaban J connectivity index is 1.96. The minimum Gasteiger partial charge on any atom is -0.338 e. The first-order valence-corrected chi connectivity index (χ1v) is 5.88. The van der Waals surface area contributed by atoms with Crippen LogP contribution < -0.4 is 0 Å². The topological polar surface area (TPSA) is 20.3 Å². The lowest BCUT2D eigenvalue weighted by Gasteiger charge is -2.19. The summed E-state index contributed by atoms with van der Waals surface area (Å²) in [6.07, 6.45) is 5.74. The zero-order valence-electron chi connectivity index (χ0n) is 7.25. The first-order chi connectivity index (χ1) is 5.79. The maximum absolute atomic E-state index is 11.9. The van der Waals surface area contributed by atoms with Gasteiger partial charge in [-0.15, -0.1) is 11.8 Å². The summed E-state index contributed by atoms with van der Waals surface area (Å²) in [4.78, 5) is 14.0. The summed E-state index contributed by atoms with van der Waals surface area (Å²) in [7, 11) is 0. The van der Waals surface area contributed by atoms with E-state index in [-0.39, 0.29) is 4.75 Å². The zero-order chi connectivity index (χ0) is 8.34. The van der Waals surface area contributed by atoms with Gasteiger partial charge in [-0.05, 0) is 25.5 Å². The average molecular weight is 183 g/mol. The molecule has 66 valence electrons. The van der Waals surface area contributed by atoms with Gasteiger partial charge in [-0.3, -0.25) is 4.79 Å². The summed E-state index contributed by atoms with van der Waals surface area (Å²) < 4.78 is 0.0606. The number of amides is 1. The Hall–Kier alpha value is -0.180.